The van der Waals surface area contributed by atoms with Crippen LogP contribution >= 0.6 is 11.6 Å². The van der Waals surface area contributed by atoms with E-state index in [0.717, 1.165) is 12.1 Å². The number of aromatic nitrogens is 2. The maximum atomic E-state index is 12.6. The van der Waals surface area contributed by atoms with Crippen LogP contribution in [-0.2, 0) is 19.7 Å². The molecule has 35 heavy (non-hydrogen) atoms. The zero-order chi connectivity index (χ0) is 25.8. The lowest BCUT2D eigenvalue weighted by Crippen LogP contribution is -2.36. The quantitative estimate of drug-likeness (QED) is 0.410. The predicted molar refractivity (Wildman–Crippen MR) is 120 cm³/mol. The van der Waals surface area contributed by atoms with Gasteiger partial charge in [0.1, 0.15) is 23.7 Å². The number of benzene rings is 2. The number of hydrogen-bond donors (Lipinski definition) is 2. The summed E-state index contributed by atoms with van der Waals surface area (Å²) in [7, 11) is -2.65. The van der Waals surface area contributed by atoms with E-state index in [4.69, 9.17) is 16.3 Å². The van der Waals surface area contributed by atoms with E-state index in [-0.39, 0.29) is 21.7 Å². The van der Waals surface area contributed by atoms with Gasteiger partial charge < -0.3 is 20.2 Å². The van der Waals surface area contributed by atoms with Crippen molar-refractivity contribution in [1.82, 2.24) is 14.4 Å². The number of hydroxylamine groups is 1. The first-order valence-electron chi connectivity index (χ1n) is 9.48. The number of ether oxygens (including phenoxy) is 1. The molecule has 0 bridgehead atoms. The minimum Gasteiger partial charge on any atom is -0.495 e. The molecule has 15 heteroatoms. The number of hydrogen-bond acceptors (Lipinski definition) is 9. The normalized spacial score (nSPS) is 11.7. The smallest absolute Gasteiger partial charge is 0.492 e. The predicted octanol–water partition coefficient (Wildman–Crippen LogP) is 4.27. The molecule has 0 unspecified atom stereocenters. The van der Waals surface area contributed by atoms with E-state index in [1.165, 1.54) is 25.6 Å². The topological polar surface area (TPSA) is 123 Å². The summed E-state index contributed by atoms with van der Waals surface area (Å²) < 4.78 is 67.7. The summed E-state index contributed by atoms with van der Waals surface area (Å²) in [5.41, 5.74) is 0.807. The number of anilines is 4. The number of rotatable bonds is 8. The van der Waals surface area contributed by atoms with Crippen molar-refractivity contribution < 1.29 is 36.0 Å². The molecule has 3 rings (SSSR count). The fourth-order valence-electron chi connectivity index (χ4n) is 2.62. The van der Waals surface area contributed by atoms with Crippen LogP contribution in [0.4, 0.5) is 36.2 Å². The molecule has 0 radical (unpaired) electrons. The van der Waals surface area contributed by atoms with Crippen molar-refractivity contribution in [2.75, 3.05) is 24.8 Å². The number of alkyl halides is 3. The van der Waals surface area contributed by atoms with E-state index in [2.05, 4.69) is 25.4 Å². The number of nitrogens with zero attached hydrogens (tertiary/aromatic N) is 3. The molecule has 1 heterocycles. The second-order valence-corrected chi connectivity index (χ2v) is 9.07. The molecular formula is C20H17ClF3N5O5S. The number of nitrogens with one attached hydrogen (secondary N) is 2. The maximum Gasteiger partial charge on any atom is 0.492 e. The molecule has 186 valence electrons. The van der Waals surface area contributed by atoms with Gasteiger partial charge in [0.2, 0.25) is 0 Å². The SMILES string of the molecule is COc1ccc(S(=O)(=O)N(C)OC(=O)C(F)(F)F)cc1Nc1cc(Nc2ccc(Cl)cc2)ncn1. The summed E-state index contributed by atoms with van der Waals surface area (Å²) in [4.78, 5) is 22.6. The van der Waals surface area contributed by atoms with Crippen molar-refractivity contribution in [1.29, 1.82) is 0 Å². The summed E-state index contributed by atoms with van der Waals surface area (Å²) in [6.07, 6.45) is -4.13. The average molecular weight is 532 g/mol. The van der Waals surface area contributed by atoms with Crippen LogP contribution < -0.4 is 15.4 Å². The van der Waals surface area contributed by atoms with E-state index in [1.807, 2.05) is 0 Å². The van der Waals surface area contributed by atoms with Crippen LogP contribution in [0, 0.1) is 0 Å². The van der Waals surface area contributed by atoms with Crippen molar-refractivity contribution in [2.24, 2.45) is 0 Å². The molecule has 0 aliphatic rings. The molecule has 3 aromatic rings. The Hall–Kier alpha value is -3.62. The van der Waals surface area contributed by atoms with Crippen molar-refractivity contribution in [3.63, 3.8) is 0 Å². The zero-order valence-corrected chi connectivity index (χ0v) is 19.6. The minimum absolute atomic E-state index is 0.111. The number of halogens is 4. The molecule has 0 saturated heterocycles. The Morgan fingerprint density at radius 2 is 1.66 bits per heavy atom. The van der Waals surface area contributed by atoms with Crippen LogP contribution in [0.25, 0.3) is 0 Å². The molecule has 0 atom stereocenters. The van der Waals surface area contributed by atoms with Gasteiger partial charge in [-0.2, -0.15) is 13.2 Å². The lowest BCUT2D eigenvalue weighted by atomic mass is 10.3. The highest BCUT2D eigenvalue weighted by Crippen LogP contribution is 2.31. The molecule has 0 spiro atoms. The Bertz CT molecular complexity index is 1320. The van der Waals surface area contributed by atoms with E-state index >= 15 is 0 Å². The highest BCUT2D eigenvalue weighted by atomic mass is 35.5. The van der Waals surface area contributed by atoms with Crippen LogP contribution in [0.5, 0.6) is 5.75 Å². The monoisotopic (exact) mass is 531 g/mol. The van der Waals surface area contributed by atoms with Crippen LogP contribution in [0.15, 0.2) is 59.8 Å². The van der Waals surface area contributed by atoms with E-state index in [9.17, 15) is 26.4 Å². The van der Waals surface area contributed by atoms with Crippen LogP contribution in [0.3, 0.4) is 0 Å². The second kappa shape index (κ2) is 10.3. The minimum atomic E-state index is -5.37. The van der Waals surface area contributed by atoms with Crippen molar-refractivity contribution in [3.05, 3.63) is 59.9 Å². The number of carbonyl (C=O) groups is 1. The number of sulfonamides is 1. The number of methoxy groups -OCH3 is 1. The van der Waals surface area contributed by atoms with E-state index < -0.39 is 27.1 Å². The average Bonchev–Trinajstić information content (AvgIpc) is 2.80. The molecule has 0 fully saturated rings. The van der Waals surface area contributed by atoms with Crippen LogP contribution in [0.2, 0.25) is 5.02 Å². The first-order valence-corrected chi connectivity index (χ1v) is 11.3. The second-order valence-electron chi connectivity index (χ2n) is 6.70. The third-order valence-corrected chi connectivity index (χ3v) is 6.15. The van der Waals surface area contributed by atoms with Gasteiger partial charge in [-0.3, -0.25) is 0 Å². The Morgan fingerprint density at radius 1 is 1.03 bits per heavy atom. The molecule has 10 nitrogen and oxygen atoms in total. The molecule has 0 aliphatic heterocycles. The van der Waals surface area contributed by atoms with Crippen LogP contribution in [-0.4, -0.2) is 49.2 Å². The Labute approximate surface area is 202 Å². The molecule has 0 saturated carbocycles. The highest BCUT2D eigenvalue weighted by molar-refractivity contribution is 7.89. The van der Waals surface area contributed by atoms with Gasteiger partial charge >= 0.3 is 12.1 Å². The first-order chi connectivity index (χ1) is 16.4. The molecule has 2 N–H and O–H groups in total. The molecular weight excluding hydrogens is 515 g/mol. The molecule has 0 aliphatic carbocycles. The molecule has 1 aromatic heterocycles. The summed E-state index contributed by atoms with van der Waals surface area (Å²) in [6.45, 7) is 0. The van der Waals surface area contributed by atoms with Gasteiger partial charge in [-0.15, -0.1) is 0 Å². The van der Waals surface area contributed by atoms with E-state index in [1.54, 1.807) is 24.3 Å². The lowest BCUT2D eigenvalue weighted by Gasteiger charge is -2.18. The fraction of sp³-hybridized carbons (Fsp3) is 0.150. The maximum absolute atomic E-state index is 12.6. The Balaban J connectivity index is 1.85. The highest BCUT2D eigenvalue weighted by Gasteiger charge is 2.43. The van der Waals surface area contributed by atoms with Gasteiger partial charge in [-0.1, -0.05) is 11.6 Å². The van der Waals surface area contributed by atoms with Gasteiger partial charge in [-0.05, 0) is 46.9 Å². The van der Waals surface area contributed by atoms with Crippen LogP contribution in [0.1, 0.15) is 0 Å². The first kappa shape index (κ1) is 26.0. The summed E-state index contributed by atoms with van der Waals surface area (Å²) in [6, 6.07) is 11.8. The van der Waals surface area contributed by atoms with Crippen molar-refractivity contribution >= 4 is 50.6 Å². The lowest BCUT2D eigenvalue weighted by molar-refractivity contribution is -0.219. The largest absolute Gasteiger partial charge is 0.495 e. The van der Waals surface area contributed by atoms with Gasteiger partial charge in [0.25, 0.3) is 10.0 Å². The third-order valence-electron chi connectivity index (χ3n) is 4.30. The van der Waals surface area contributed by atoms with Gasteiger partial charge in [0, 0.05) is 23.8 Å². The Kier molecular flexibility index (Phi) is 7.67. The fourth-order valence-corrected chi connectivity index (χ4v) is 3.72. The Morgan fingerprint density at radius 3 is 2.26 bits per heavy atom. The molecule has 0 amide bonds. The van der Waals surface area contributed by atoms with Crippen molar-refractivity contribution in [3.8, 4) is 5.75 Å². The van der Waals surface area contributed by atoms with Gasteiger partial charge in [0.05, 0.1) is 17.7 Å². The summed E-state index contributed by atoms with van der Waals surface area (Å²) >= 11 is 5.87. The van der Waals surface area contributed by atoms with E-state index in [0.29, 0.717) is 23.6 Å². The number of carbonyl (C=O) groups excluding carboxylic acids is 1. The van der Waals surface area contributed by atoms with Gasteiger partial charge in [-0.25, -0.2) is 23.2 Å². The zero-order valence-electron chi connectivity index (χ0n) is 18.0. The third kappa shape index (κ3) is 6.49. The van der Waals surface area contributed by atoms with Crippen molar-refractivity contribution in [2.45, 2.75) is 11.1 Å². The summed E-state index contributed by atoms with van der Waals surface area (Å²) in [5, 5.41) is 6.47. The molecule has 2 aromatic carbocycles. The standard InChI is InChI=1S/C20H17ClF3N5O5S/c1-29(34-19(30)20(22,23)24)35(31,32)14-7-8-16(33-2)15(9-14)28-18-10-17(25-11-26-18)27-13-5-3-12(21)4-6-13/h3-11H,1-2H3,(H2,25,26,27,28). The summed E-state index contributed by atoms with van der Waals surface area (Å²) in [5.74, 6) is -1.85. The van der Waals surface area contributed by atoms with Gasteiger partial charge in [0.15, 0.2) is 0 Å².